The molecule has 0 atom stereocenters. The zero-order chi connectivity index (χ0) is 14.7. The average Bonchev–Trinajstić information content (AvgIpc) is 3.04. The first-order valence-electron chi connectivity index (χ1n) is 6.66. The molecule has 0 fully saturated rings. The molecule has 5 nitrogen and oxygen atoms in total. The lowest BCUT2D eigenvalue weighted by Crippen LogP contribution is -2.23. The summed E-state index contributed by atoms with van der Waals surface area (Å²) in [6, 6.07) is 13.2. The van der Waals surface area contributed by atoms with Crippen molar-refractivity contribution in [2.45, 2.75) is 6.54 Å². The smallest absolute Gasteiger partial charge is 0.270 e. The van der Waals surface area contributed by atoms with Gasteiger partial charge < -0.3 is 15.1 Å². The minimum atomic E-state index is -0.228. The number of aromatic nitrogens is 1. The monoisotopic (exact) mass is 281 g/mol. The first-order valence-corrected chi connectivity index (χ1v) is 6.66. The van der Waals surface area contributed by atoms with Crippen LogP contribution in [0.1, 0.15) is 16.2 Å². The van der Waals surface area contributed by atoms with Crippen LogP contribution >= 0.6 is 0 Å². The van der Waals surface area contributed by atoms with Gasteiger partial charge in [0.1, 0.15) is 17.3 Å². The van der Waals surface area contributed by atoms with Crippen molar-refractivity contribution in [2.24, 2.45) is 0 Å². The molecule has 0 aliphatic heterocycles. The highest BCUT2D eigenvalue weighted by Crippen LogP contribution is 2.22. The second kappa shape index (κ2) is 5.66. The lowest BCUT2D eigenvalue weighted by Gasteiger charge is -2.09. The molecule has 0 unspecified atom stereocenters. The van der Waals surface area contributed by atoms with Crippen LogP contribution in [0.15, 0.2) is 53.1 Å². The first kappa shape index (κ1) is 13.2. The van der Waals surface area contributed by atoms with Crippen LogP contribution in [0.4, 0.5) is 5.82 Å². The van der Waals surface area contributed by atoms with Gasteiger partial charge in [0.2, 0.25) is 0 Å². The molecule has 0 saturated carbocycles. The highest BCUT2D eigenvalue weighted by molar-refractivity contribution is 6.00. The van der Waals surface area contributed by atoms with E-state index in [-0.39, 0.29) is 5.91 Å². The van der Waals surface area contributed by atoms with Crippen LogP contribution in [0, 0.1) is 0 Å². The van der Waals surface area contributed by atoms with Gasteiger partial charge in [0.05, 0.1) is 12.8 Å². The summed E-state index contributed by atoms with van der Waals surface area (Å²) in [7, 11) is 1.79. The molecule has 106 valence electrons. The molecule has 2 N–H and O–H groups in total. The predicted octanol–water partition coefficient (Wildman–Crippen LogP) is 2.80. The number of fused-ring (bicyclic) bond motifs is 1. The zero-order valence-corrected chi connectivity index (χ0v) is 11.6. The van der Waals surface area contributed by atoms with E-state index in [1.54, 1.807) is 25.4 Å². The Hall–Kier alpha value is -2.82. The van der Waals surface area contributed by atoms with Crippen LogP contribution < -0.4 is 10.6 Å². The number of carbonyl (C=O) groups is 1. The Balaban J connectivity index is 1.87. The van der Waals surface area contributed by atoms with Gasteiger partial charge in [-0.3, -0.25) is 4.79 Å². The summed E-state index contributed by atoms with van der Waals surface area (Å²) in [6.45, 7) is 0.342. The van der Waals surface area contributed by atoms with E-state index in [0.29, 0.717) is 23.8 Å². The van der Waals surface area contributed by atoms with Crippen molar-refractivity contribution >= 4 is 22.5 Å². The van der Waals surface area contributed by atoms with Crippen molar-refractivity contribution < 1.29 is 9.21 Å². The summed E-state index contributed by atoms with van der Waals surface area (Å²) >= 11 is 0. The van der Waals surface area contributed by atoms with E-state index in [0.717, 1.165) is 10.8 Å². The molecule has 1 aromatic carbocycles. The molecule has 5 heteroatoms. The molecular formula is C16H15N3O2. The molecule has 3 aromatic rings. The first-order chi connectivity index (χ1) is 10.3. The second-order valence-electron chi connectivity index (χ2n) is 4.59. The summed E-state index contributed by atoms with van der Waals surface area (Å²) in [5.41, 5.74) is 0.379. The van der Waals surface area contributed by atoms with E-state index >= 15 is 0 Å². The number of nitrogens with zero attached hydrogens (tertiary/aromatic N) is 1. The predicted molar refractivity (Wildman–Crippen MR) is 81.2 cm³/mol. The van der Waals surface area contributed by atoms with Gasteiger partial charge in [-0.2, -0.15) is 0 Å². The average molecular weight is 281 g/mol. The van der Waals surface area contributed by atoms with E-state index in [9.17, 15) is 4.79 Å². The molecule has 0 aliphatic rings. The fourth-order valence-electron chi connectivity index (χ4n) is 2.18. The van der Waals surface area contributed by atoms with Crippen LogP contribution in [0.2, 0.25) is 0 Å². The summed E-state index contributed by atoms with van der Waals surface area (Å²) in [5, 5.41) is 7.78. The lowest BCUT2D eigenvalue weighted by atomic mass is 10.1. The van der Waals surface area contributed by atoms with Gasteiger partial charge in [0, 0.05) is 12.4 Å². The summed E-state index contributed by atoms with van der Waals surface area (Å²) in [6.07, 6.45) is 1.58. The number of hydrogen-bond donors (Lipinski definition) is 2. The number of amides is 1. The van der Waals surface area contributed by atoms with E-state index in [1.807, 2.05) is 30.3 Å². The topological polar surface area (TPSA) is 67.2 Å². The third kappa shape index (κ3) is 2.72. The van der Waals surface area contributed by atoms with Gasteiger partial charge in [-0.05, 0) is 23.6 Å². The fourth-order valence-corrected chi connectivity index (χ4v) is 2.18. The van der Waals surface area contributed by atoms with Gasteiger partial charge in [-0.15, -0.1) is 0 Å². The van der Waals surface area contributed by atoms with Crippen LogP contribution in [-0.2, 0) is 6.54 Å². The van der Waals surface area contributed by atoms with Crippen molar-refractivity contribution in [3.63, 3.8) is 0 Å². The van der Waals surface area contributed by atoms with Crippen molar-refractivity contribution in [3.8, 4) is 0 Å². The molecule has 2 heterocycles. The standard InChI is InChI=1S/C16H15N3O2/c1-17-15-13-7-3-2-5-11(13)9-14(19-15)16(20)18-10-12-6-4-8-21-12/h2-9H,10H2,1H3,(H,17,19)(H,18,20). The zero-order valence-electron chi connectivity index (χ0n) is 11.6. The second-order valence-corrected chi connectivity index (χ2v) is 4.59. The Morgan fingerprint density at radius 2 is 2.10 bits per heavy atom. The number of rotatable bonds is 4. The van der Waals surface area contributed by atoms with Crippen LogP contribution in [-0.4, -0.2) is 17.9 Å². The van der Waals surface area contributed by atoms with Gasteiger partial charge in [0.25, 0.3) is 5.91 Å². The maximum atomic E-state index is 12.2. The molecule has 0 aliphatic carbocycles. The number of anilines is 1. The lowest BCUT2D eigenvalue weighted by molar-refractivity contribution is 0.0943. The normalized spacial score (nSPS) is 10.5. The number of hydrogen-bond acceptors (Lipinski definition) is 4. The molecule has 0 bridgehead atoms. The van der Waals surface area contributed by atoms with Crippen molar-refractivity contribution in [3.05, 3.63) is 60.2 Å². The number of carbonyl (C=O) groups excluding carboxylic acids is 1. The summed E-state index contributed by atoms with van der Waals surface area (Å²) in [4.78, 5) is 16.6. The van der Waals surface area contributed by atoms with Gasteiger partial charge in [-0.25, -0.2) is 4.98 Å². The number of nitrogens with one attached hydrogen (secondary N) is 2. The van der Waals surface area contributed by atoms with Gasteiger partial charge in [-0.1, -0.05) is 24.3 Å². The maximum absolute atomic E-state index is 12.2. The van der Waals surface area contributed by atoms with Crippen molar-refractivity contribution in [2.75, 3.05) is 12.4 Å². The number of pyridine rings is 1. The Morgan fingerprint density at radius 1 is 1.24 bits per heavy atom. The van der Waals surface area contributed by atoms with E-state index in [2.05, 4.69) is 15.6 Å². The Morgan fingerprint density at radius 3 is 2.86 bits per heavy atom. The maximum Gasteiger partial charge on any atom is 0.270 e. The molecule has 0 spiro atoms. The van der Waals surface area contributed by atoms with Gasteiger partial charge in [0.15, 0.2) is 0 Å². The summed E-state index contributed by atoms with van der Waals surface area (Å²) in [5.74, 6) is 1.17. The Bertz CT molecular complexity index is 766. The van der Waals surface area contributed by atoms with E-state index in [1.165, 1.54) is 0 Å². The van der Waals surface area contributed by atoms with Crippen molar-refractivity contribution in [1.29, 1.82) is 0 Å². The fraction of sp³-hybridized carbons (Fsp3) is 0.125. The van der Waals surface area contributed by atoms with Crippen molar-refractivity contribution in [1.82, 2.24) is 10.3 Å². The minimum absolute atomic E-state index is 0.228. The molecule has 0 radical (unpaired) electrons. The minimum Gasteiger partial charge on any atom is -0.467 e. The highest BCUT2D eigenvalue weighted by atomic mass is 16.3. The summed E-state index contributed by atoms with van der Waals surface area (Å²) < 4.78 is 5.19. The highest BCUT2D eigenvalue weighted by Gasteiger charge is 2.11. The molecule has 3 rings (SSSR count). The number of furan rings is 1. The third-order valence-electron chi connectivity index (χ3n) is 3.21. The number of benzene rings is 1. The Kier molecular flexibility index (Phi) is 3.55. The van der Waals surface area contributed by atoms with E-state index in [4.69, 9.17) is 4.42 Å². The molecule has 21 heavy (non-hydrogen) atoms. The van der Waals surface area contributed by atoms with Gasteiger partial charge >= 0.3 is 0 Å². The molecular weight excluding hydrogens is 266 g/mol. The molecule has 1 amide bonds. The molecule has 0 saturated heterocycles. The quantitative estimate of drug-likeness (QED) is 0.771. The van der Waals surface area contributed by atoms with Crippen LogP contribution in [0.5, 0.6) is 0 Å². The third-order valence-corrected chi connectivity index (χ3v) is 3.21. The SMILES string of the molecule is CNc1nc(C(=O)NCc2ccco2)cc2ccccc12. The van der Waals surface area contributed by atoms with Crippen LogP contribution in [0.25, 0.3) is 10.8 Å². The Labute approximate surface area is 122 Å². The molecule has 2 aromatic heterocycles. The van der Waals surface area contributed by atoms with Crippen LogP contribution in [0.3, 0.4) is 0 Å². The van der Waals surface area contributed by atoms with E-state index < -0.39 is 0 Å². The largest absolute Gasteiger partial charge is 0.467 e.